The number of ether oxygens (including phenoxy) is 1. The molecule has 1 aliphatic rings. The second-order valence-corrected chi connectivity index (χ2v) is 7.73. The minimum Gasteiger partial charge on any atom is -0.504 e. The Bertz CT molecular complexity index is 1030. The maximum absolute atomic E-state index is 10.7. The highest BCUT2D eigenvalue weighted by Gasteiger charge is 2.28. The molecule has 0 saturated heterocycles. The van der Waals surface area contributed by atoms with Crippen LogP contribution in [0.3, 0.4) is 0 Å². The molecule has 0 spiro atoms. The van der Waals surface area contributed by atoms with Crippen molar-refractivity contribution in [2.45, 2.75) is 18.6 Å². The van der Waals surface area contributed by atoms with E-state index in [0.29, 0.717) is 22.2 Å². The standard InChI is InChI=1S/C23H20Cl2N2O2/c1-29-21-4-2-3-18(22(21)28)20-13-19(14-5-9-16(24)10-6-14)26-23(27-20)15-7-11-17(25)12-8-15/h2-12,20,23,27-28H,13H2,1H3/t20-,23-/m1/s1. The fourth-order valence-electron chi connectivity index (χ4n) is 3.52. The molecular weight excluding hydrogens is 407 g/mol. The lowest BCUT2D eigenvalue weighted by Crippen LogP contribution is -2.33. The summed E-state index contributed by atoms with van der Waals surface area (Å²) in [6.45, 7) is 0. The summed E-state index contributed by atoms with van der Waals surface area (Å²) in [4.78, 5) is 4.94. The summed E-state index contributed by atoms with van der Waals surface area (Å²) >= 11 is 12.1. The molecule has 4 rings (SSSR count). The molecule has 0 fully saturated rings. The lowest BCUT2D eigenvalue weighted by Gasteiger charge is -2.31. The molecule has 4 nitrogen and oxygen atoms in total. The molecule has 0 aromatic heterocycles. The van der Waals surface area contributed by atoms with E-state index in [9.17, 15) is 5.11 Å². The van der Waals surface area contributed by atoms with Gasteiger partial charge in [-0.3, -0.25) is 10.3 Å². The number of nitrogens with one attached hydrogen (secondary N) is 1. The fourth-order valence-corrected chi connectivity index (χ4v) is 3.78. The lowest BCUT2D eigenvalue weighted by atomic mass is 9.93. The number of methoxy groups -OCH3 is 1. The fraction of sp³-hybridized carbons (Fsp3) is 0.174. The molecule has 0 unspecified atom stereocenters. The number of hydrogen-bond acceptors (Lipinski definition) is 4. The number of halogens is 2. The molecule has 0 aliphatic carbocycles. The van der Waals surface area contributed by atoms with Crippen LogP contribution in [0.5, 0.6) is 11.5 Å². The predicted molar refractivity (Wildman–Crippen MR) is 117 cm³/mol. The van der Waals surface area contributed by atoms with Crippen LogP contribution in [0.4, 0.5) is 0 Å². The number of phenols is 1. The number of aromatic hydroxyl groups is 1. The van der Waals surface area contributed by atoms with Crippen LogP contribution in [0.15, 0.2) is 71.7 Å². The minimum atomic E-state index is -0.276. The Balaban J connectivity index is 1.76. The van der Waals surface area contributed by atoms with Gasteiger partial charge >= 0.3 is 0 Å². The highest BCUT2D eigenvalue weighted by atomic mass is 35.5. The molecule has 2 atom stereocenters. The van der Waals surface area contributed by atoms with Gasteiger partial charge in [-0.05, 0) is 41.5 Å². The second kappa shape index (κ2) is 8.46. The van der Waals surface area contributed by atoms with Crippen molar-refractivity contribution in [3.63, 3.8) is 0 Å². The van der Waals surface area contributed by atoms with Gasteiger partial charge in [-0.15, -0.1) is 0 Å². The first-order valence-electron chi connectivity index (χ1n) is 9.25. The van der Waals surface area contributed by atoms with Gasteiger partial charge in [-0.25, -0.2) is 0 Å². The molecule has 29 heavy (non-hydrogen) atoms. The van der Waals surface area contributed by atoms with E-state index < -0.39 is 0 Å². The third-order valence-electron chi connectivity index (χ3n) is 5.03. The normalized spacial score (nSPS) is 18.9. The maximum atomic E-state index is 10.7. The zero-order chi connectivity index (χ0) is 20.4. The van der Waals surface area contributed by atoms with Crippen molar-refractivity contribution in [3.8, 4) is 11.5 Å². The van der Waals surface area contributed by atoms with Crippen LogP contribution in [0.2, 0.25) is 10.0 Å². The molecule has 3 aromatic rings. The second-order valence-electron chi connectivity index (χ2n) is 6.86. The first kappa shape index (κ1) is 19.8. The summed E-state index contributed by atoms with van der Waals surface area (Å²) in [5.74, 6) is 0.586. The lowest BCUT2D eigenvalue weighted by molar-refractivity contribution is 0.360. The highest BCUT2D eigenvalue weighted by Crippen LogP contribution is 2.38. The van der Waals surface area contributed by atoms with Crippen molar-refractivity contribution in [1.82, 2.24) is 5.32 Å². The van der Waals surface area contributed by atoms with Gasteiger partial charge in [0.25, 0.3) is 0 Å². The first-order chi connectivity index (χ1) is 14.0. The van der Waals surface area contributed by atoms with Crippen molar-refractivity contribution in [2.24, 2.45) is 4.99 Å². The largest absolute Gasteiger partial charge is 0.504 e. The van der Waals surface area contributed by atoms with Crippen LogP contribution in [-0.4, -0.2) is 17.9 Å². The molecule has 2 N–H and O–H groups in total. The van der Waals surface area contributed by atoms with Gasteiger partial charge in [-0.1, -0.05) is 59.6 Å². The predicted octanol–water partition coefficient (Wildman–Crippen LogP) is 5.93. The number of hydrogen-bond donors (Lipinski definition) is 2. The van der Waals surface area contributed by atoms with Gasteiger partial charge < -0.3 is 9.84 Å². The van der Waals surface area contributed by atoms with Gasteiger partial charge in [0.05, 0.1) is 7.11 Å². The molecule has 148 valence electrons. The third-order valence-corrected chi connectivity index (χ3v) is 5.53. The van der Waals surface area contributed by atoms with Crippen molar-refractivity contribution in [2.75, 3.05) is 7.11 Å². The molecule has 1 heterocycles. The van der Waals surface area contributed by atoms with Crippen LogP contribution in [0.25, 0.3) is 0 Å². The molecular formula is C23H20Cl2N2O2. The van der Waals surface area contributed by atoms with Gasteiger partial charge in [0.1, 0.15) is 6.17 Å². The van der Waals surface area contributed by atoms with E-state index >= 15 is 0 Å². The van der Waals surface area contributed by atoms with E-state index in [2.05, 4.69) is 5.32 Å². The molecule has 0 saturated carbocycles. The van der Waals surface area contributed by atoms with Gasteiger partial charge in [0.2, 0.25) is 0 Å². The van der Waals surface area contributed by atoms with Crippen LogP contribution in [-0.2, 0) is 0 Å². The summed E-state index contributed by atoms with van der Waals surface area (Å²) in [7, 11) is 1.55. The monoisotopic (exact) mass is 426 g/mol. The number of rotatable bonds is 4. The van der Waals surface area contributed by atoms with Crippen LogP contribution in [0.1, 0.15) is 35.3 Å². The number of para-hydroxylation sites is 1. The first-order valence-corrected chi connectivity index (χ1v) is 10.0. The van der Waals surface area contributed by atoms with Crippen molar-refractivity contribution in [1.29, 1.82) is 0 Å². The van der Waals surface area contributed by atoms with E-state index in [1.807, 2.05) is 60.7 Å². The van der Waals surface area contributed by atoms with Crippen molar-refractivity contribution < 1.29 is 9.84 Å². The summed E-state index contributed by atoms with van der Waals surface area (Å²) in [5, 5.41) is 15.6. The summed E-state index contributed by atoms with van der Waals surface area (Å²) in [6.07, 6.45) is 0.342. The molecule has 0 radical (unpaired) electrons. The number of phenolic OH excluding ortho intramolecular Hbond substituents is 1. The number of benzene rings is 3. The van der Waals surface area contributed by atoms with E-state index in [0.717, 1.165) is 22.4 Å². The van der Waals surface area contributed by atoms with Crippen LogP contribution in [0, 0.1) is 0 Å². The van der Waals surface area contributed by atoms with Crippen molar-refractivity contribution >= 4 is 28.9 Å². The average Bonchev–Trinajstić information content (AvgIpc) is 2.74. The average molecular weight is 427 g/mol. The molecule has 1 aliphatic heterocycles. The van der Waals surface area contributed by atoms with E-state index in [-0.39, 0.29) is 18.0 Å². The topological polar surface area (TPSA) is 53.8 Å². The SMILES string of the molecule is COc1cccc([C@H]2CC(c3ccc(Cl)cc3)=N[C@@H](c3ccc(Cl)cc3)N2)c1O. The Morgan fingerprint density at radius 1 is 0.966 bits per heavy atom. The Labute approximate surface area is 179 Å². The highest BCUT2D eigenvalue weighted by molar-refractivity contribution is 6.30. The minimum absolute atomic E-state index is 0.139. The van der Waals surface area contributed by atoms with E-state index in [4.69, 9.17) is 32.9 Å². The molecule has 0 bridgehead atoms. The number of aliphatic imine (C=N–C) groups is 1. The Hall–Kier alpha value is -2.53. The Kier molecular flexibility index (Phi) is 5.76. The van der Waals surface area contributed by atoms with Crippen LogP contribution >= 0.6 is 23.2 Å². The maximum Gasteiger partial charge on any atom is 0.162 e. The molecule has 3 aromatic carbocycles. The Morgan fingerprint density at radius 2 is 1.62 bits per heavy atom. The third kappa shape index (κ3) is 4.25. The van der Waals surface area contributed by atoms with E-state index in [1.165, 1.54) is 0 Å². The summed E-state index contributed by atoms with van der Waals surface area (Å²) < 4.78 is 5.29. The van der Waals surface area contributed by atoms with Crippen molar-refractivity contribution in [3.05, 3.63) is 93.5 Å². The van der Waals surface area contributed by atoms with E-state index in [1.54, 1.807) is 13.2 Å². The summed E-state index contributed by atoms with van der Waals surface area (Å²) in [6, 6.07) is 20.6. The number of nitrogens with zero attached hydrogens (tertiary/aromatic N) is 1. The van der Waals surface area contributed by atoms with Gasteiger partial charge in [-0.2, -0.15) is 0 Å². The quantitative estimate of drug-likeness (QED) is 0.543. The Morgan fingerprint density at radius 3 is 2.28 bits per heavy atom. The molecule has 6 heteroatoms. The smallest absolute Gasteiger partial charge is 0.162 e. The zero-order valence-corrected chi connectivity index (χ0v) is 17.3. The van der Waals surface area contributed by atoms with Crippen LogP contribution < -0.4 is 10.1 Å². The molecule has 0 amide bonds. The van der Waals surface area contributed by atoms with Gasteiger partial charge in [0, 0.05) is 33.8 Å². The van der Waals surface area contributed by atoms with Gasteiger partial charge in [0.15, 0.2) is 11.5 Å². The zero-order valence-electron chi connectivity index (χ0n) is 15.8. The summed E-state index contributed by atoms with van der Waals surface area (Å²) in [5.41, 5.74) is 3.70.